The Morgan fingerprint density at radius 2 is 1.93 bits per heavy atom. The first-order valence-corrected chi connectivity index (χ1v) is 9.88. The number of aromatic nitrogens is 2. The zero-order chi connectivity index (χ0) is 19.9. The number of carbonyl (C=O) groups excluding carboxylic acids is 1. The molecule has 6 nitrogen and oxygen atoms in total. The van der Waals surface area contributed by atoms with E-state index in [1.54, 1.807) is 24.5 Å². The number of rotatable bonds is 7. The van der Waals surface area contributed by atoms with Gasteiger partial charge >= 0.3 is 0 Å². The maximum absolute atomic E-state index is 12.6. The van der Waals surface area contributed by atoms with Crippen LogP contribution in [0.5, 0.6) is 5.75 Å². The summed E-state index contributed by atoms with van der Waals surface area (Å²) in [5.41, 5.74) is 2.59. The Labute approximate surface area is 170 Å². The second kappa shape index (κ2) is 9.19. The highest BCUT2D eigenvalue weighted by atomic mass is 16.5. The molecule has 0 atom stereocenters. The van der Waals surface area contributed by atoms with Crippen LogP contribution in [0.25, 0.3) is 0 Å². The highest BCUT2D eigenvalue weighted by Gasteiger charge is 2.14. The van der Waals surface area contributed by atoms with Crippen LogP contribution in [0.1, 0.15) is 34.3 Å². The molecule has 0 aliphatic carbocycles. The normalized spacial score (nSPS) is 13.3. The molecule has 1 aromatic carbocycles. The molecule has 2 aromatic heterocycles. The first-order chi connectivity index (χ1) is 14.3. The first-order valence-electron chi connectivity index (χ1n) is 9.88. The highest BCUT2D eigenvalue weighted by Crippen LogP contribution is 2.19. The van der Waals surface area contributed by atoms with Crippen LogP contribution in [0.4, 0.5) is 5.82 Å². The summed E-state index contributed by atoms with van der Waals surface area (Å²) < 4.78 is 5.78. The van der Waals surface area contributed by atoms with Gasteiger partial charge in [0.2, 0.25) is 0 Å². The van der Waals surface area contributed by atoms with E-state index in [1.165, 1.54) is 12.8 Å². The largest absolute Gasteiger partial charge is 0.489 e. The van der Waals surface area contributed by atoms with Gasteiger partial charge in [0.15, 0.2) is 0 Å². The maximum atomic E-state index is 12.6. The van der Waals surface area contributed by atoms with Crippen LogP contribution in [0.15, 0.2) is 67.1 Å². The Kier molecular flexibility index (Phi) is 6.00. The summed E-state index contributed by atoms with van der Waals surface area (Å²) in [4.78, 5) is 23.4. The molecule has 0 unspecified atom stereocenters. The zero-order valence-corrected chi connectivity index (χ0v) is 16.3. The number of pyridine rings is 2. The average Bonchev–Trinajstić information content (AvgIpc) is 3.32. The van der Waals surface area contributed by atoms with Crippen molar-refractivity contribution in [3.05, 3.63) is 83.8 Å². The third-order valence-electron chi connectivity index (χ3n) is 4.92. The zero-order valence-electron chi connectivity index (χ0n) is 16.3. The minimum absolute atomic E-state index is 0.128. The first kappa shape index (κ1) is 18.9. The van der Waals surface area contributed by atoms with Gasteiger partial charge in [-0.05, 0) is 54.8 Å². The quantitative estimate of drug-likeness (QED) is 0.670. The molecule has 0 bridgehead atoms. The van der Waals surface area contributed by atoms with Crippen molar-refractivity contribution in [2.45, 2.75) is 26.0 Å². The van der Waals surface area contributed by atoms with Crippen molar-refractivity contribution < 1.29 is 9.53 Å². The Balaban J connectivity index is 1.34. The lowest BCUT2D eigenvalue weighted by Crippen LogP contribution is -2.23. The number of hydrogen-bond donors (Lipinski definition) is 1. The molecule has 6 heteroatoms. The Hall–Kier alpha value is -3.41. The molecule has 1 N–H and O–H groups in total. The molecule has 0 spiro atoms. The molecular weight excluding hydrogens is 364 g/mol. The molecule has 1 amide bonds. The van der Waals surface area contributed by atoms with Gasteiger partial charge in [0.1, 0.15) is 18.2 Å². The van der Waals surface area contributed by atoms with Gasteiger partial charge in [-0.3, -0.25) is 9.78 Å². The van der Waals surface area contributed by atoms with Gasteiger partial charge in [0.05, 0.1) is 0 Å². The van der Waals surface area contributed by atoms with Crippen LogP contribution in [0.3, 0.4) is 0 Å². The Morgan fingerprint density at radius 1 is 1.03 bits per heavy atom. The topological polar surface area (TPSA) is 67.4 Å². The Bertz CT molecular complexity index is 956. The average molecular weight is 388 g/mol. The summed E-state index contributed by atoms with van der Waals surface area (Å²) in [6, 6.07) is 15.0. The van der Waals surface area contributed by atoms with Crippen LogP contribution >= 0.6 is 0 Å². The van der Waals surface area contributed by atoms with Crippen LogP contribution in [-0.4, -0.2) is 29.0 Å². The van der Waals surface area contributed by atoms with Gasteiger partial charge in [-0.15, -0.1) is 0 Å². The summed E-state index contributed by atoms with van der Waals surface area (Å²) in [6.07, 6.45) is 7.72. The molecule has 0 saturated carbocycles. The molecule has 29 heavy (non-hydrogen) atoms. The number of ether oxygens (including phenoxy) is 1. The standard InChI is InChI=1S/C23H24N4O2/c28-23(26-16-18-8-10-25-22(13-18)27-11-1-2-12-27)20-6-3-7-21(14-20)29-17-19-5-4-9-24-15-19/h3-10,13-15H,1-2,11-12,16-17H2,(H,26,28). The van der Waals surface area contributed by atoms with Crippen molar-refractivity contribution in [1.29, 1.82) is 0 Å². The molecule has 1 aliphatic rings. The molecule has 148 valence electrons. The van der Waals surface area contributed by atoms with Gasteiger partial charge in [-0.1, -0.05) is 12.1 Å². The van der Waals surface area contributed by atoms with Crippen molar-refractivity contribution in [2.75, 3.05) is 18.0 Å². The molecule has 0 radical (unpaired) electrons. The van der Waals surface area contributed by atoms with Gasteiger partial charge in [-0.2, -0.15) is 0 Å². The van der Waals surface area contributed by atoms with Gasteiger partial charge in [-0.25, -0.2) is 4.98 Å². The van der Waals surface area contributed by atoms with E-state index in [-0.39, 0.29) is 5.91 Å². The fraction of sp³-hybridized carbons (Fsp3) is 0.261. The second-order valence-corrected chi connectivity index (χ2v) is 7.08. The summed E-state index contributed by atoms with van der Waals surface area (Å²) in [7, 11) is 0. The van der Waals surface area contributed by atoms with E-state index in [9.17, 15) is 4.79 Å². The van der Waals surface area contributed by atoms with Crippen molar-refractivity contribution in [3.63, 3.8) is 0 Å². The monoisotopic (exact) mass is 388 g/mol. The SMILES string of the molecule is O=C(NCc1ccnc(N2CCCC2)c1)c1cccc(OCc2cccnc2)c1. The summed E-state index contributed by atoms with van der Waals surface area (Å²) in [6.45, 7) is 2.97. The van der Waals surface area contributed by atoms with Crippen molar-refractivity contribution in [2.24, 2.45) is 0 Å². The summed E-state index contributed by atoms with van der Waals surface area (Å²) >= 11 is 0. The van der Waals surface area contributed by atoms with Crippen LogP contribution in [0, 0.1) is 0 Å². The number of carbonyl (C=O) groups is 1. The predicted molar refractivity (Wildman–Crippen MR) is 112 cm³/mol. The molecule has 1 aliphatic heterocycles. The predicted octanol–water partition coefficient (Wildman–Crippen LogP) is 3.59. The van der Waals surface area contributed by atoms with Crippen LogP contribution < -0.4 is 15.0 Å². The number of nitrogens with one attached hydrogen (secondary N) is 1. The van der Waals surface area contributed by atoms with Gasteiger partial charge in [0, 0.05) is 49.4 Å². The second-order valence-electron chi connectivity index (χ2n) is 7.08. The van der Waals surface area contributed by atoms with E-state index >= 15 is 0 Å². The van der Waals surface area contributed by atoms with E-state index in [0.29, 0.717) is 24.5 Å². The third-order valence-corrected chi connectivity index (χ3v) is 4.92. The molecule has 3 aromatic rings. The summed E-state index contributed by atoms with van der Waals surface area (Å²) in [5, 5.41) is 2.98. The molecule has 4 rings (SSSR count). The fourth-order valence-electron chi connectivity index (χ4n) is 3.35. The van der Waals surface area contributed by atoms with Gasteiger partial charge < -0.3 is 15.0 Å². The lowest BCUT2D eigenvalue weighted by atomic mass is 10.2. The number of amides is 1. The maximum Gasteiger partial charge on any atom is 0.251 e. The van der Waals surface area contributed by atoms with Crippen molar-refractivity contribution in [3.8, 4) is 5.75 Å². The number of anilines is 1. The third kappa shape index (κ3) is 5.10. The number of benzene rings is 1. The molecule has 3 heterocycles. The lowest BCUT2D eigenvalue weighted by Gasteiger charge is -2.17. The van der Waals surface area contributed by atoms with Gasteiger partial charge in [0.25, 0.3) is 5.91 Å². The van der Waals surface area contributed by atoms with Crippen LogP contribution in [-0.2, 0) is 13.2 Å². The van der Waals surface area contributed by atoms with Crippen molar-refractivity contribution in [1.82, 2.24) is 15.3 Å². The summed E-state index contributed by atoms with van der Waals surface area (Å²) in [5.74, 6) is 1.51. The fourth-order valence-corrected chi connectivity index (χ4v) is 3.35. The molecular formula is C23H24N4O2. The molecule has 1 fully saturated rings. The number of nitrogens with zero attached hydrogens (tertiary/aromatic N) is 3. The smallest absolute Gasteiger partial charge is 0.251 e. The van der Waals surface area contributed by atoms with Crippen molar-refractivity contribution >= 4 is 11.7 Å². The van der Waals surface area contributed by atoms with E-state index in [2.05, 4.69) is 26.3 Å². The number of hydrogen-bond acceptors (Lipinski definition) is 5. The molecule has 1 saturated heterocycles. The van der Waals surface area contributed by atoms with E-state index in [1.807, 2.05) is 36.5 Å². The Morgan fingerprint density at radius 3 is 2.76 bits per heavy atom. The lowest BCUT2D eigenvalue weighted by molar-refractivity contribution is 0.0950. The minimum atomic E-state index is -0.128. The van der Waals surface area contributed by atoms with E-state index in [0.717, 1.165) is 30.0 Å². The van der Waals surface area contributed by atoms with Crippen LogP contribution in [0.2, 0.25) is 0 Å². The van der Waals surface area contributed by atoms with E-state index < -0.39 is 0 Å². The van der Waals surface area contributed by atoms with E-state index in [4.69, 9.17) is 4.74 Å². The minimum Gasteiger partial charge on any atom is -0.489 e. The highest BCUT2D eigenvalue weighted by molar-refractivity contribution is 5.94.